The lowest BCUT2D eigenvalue weighted by Gasteiger charge is -2.16. The maximum absolute atomic E-state index is 11.1. The third-order valence-electron chi connectivity index (χ3n) is 3.96. The zero-order chi connectivity index (χ0) is 18.7. The van der Waals surface area contributed by atoms with Crippen molar-refractivity contribution in [1.29, 1.82) is 0 Å². The SMILES string of the molecule is COc1ccc(C2NC(C(=O)O)CS2)cc1COc1ccc(Cl)cc1Cl. The van der Waals surface area contributed by atoms with Gasteiger partial charge in [-0.2, -0.15) is 0 Å². The van der Waals surface area contributed by atoms with Crippen molar-refractivity contribution in [2.45, 2.75) is 18.0 Å². The smallest absolute Gasteiger partial charge is 0.321 e. The fourth-order valence-electron chi connectivity index (χ4n) is 2.63. The number of halogens is 2. The average molecular weight is 414 g/mol. The third kappa shape index (κ3) is 4.38. The van der Waals surface area contributed by atoms with E-state index in [-0.39, 0.29) is 12.0 Å². The van der Waals surface area contributed by atoms with Gasteiger partial charge in [0.15, 0.2) is 0 Å². The van der Waals surface area contributed by atoms with Gasteiger partial charge in [0, 0.05) is 16.3 Å². The van der Waals surface area contributed by atoms with E-state index >= 15 is 0 Å². The summed E-state index contributed by atoms with van der Waals surface area (Å²) >= 11 is 13.6. The Hall–Kier alpha value is -1.60. The molecule has 0 saturated carbocycles. The van der Waals surface area contributed by atoms with Gasteiger partial charge in [-0.1, -0.05) is 29.3 Å². The first kappa shape index (κ1) is 19.2. The van der Waals surface area contributed by atoms with Crippen LogP contribution in [0.2, 0.25) is 10.0 Å². The van der Waals surface area contributed by atoms with Gasteiger partial charge in [-0.05, 0) is 35.9 Å². The number of methoxy groups -OCH3 is 1. The standard InChI is InChI=1S/C18H17Cl2NO4S/c1-24-15-4-2-10(17-21-14(9-26-17)18(22)23)6-11(15)8-25-16-5-3-12(19)7-13(16)20/h2-7,14,17,21H,8-9H2,1H3,(H,22,23). The Bertz CT molecular complexity index is 818. The van der Waals surface area contributed by atoms with E-state index in [1.165, 1.54) is 0 Å². The molecule has 2 atom stereocenters. The van der Waals surface area contributed by atoms with Gasteiger partial charge < -0.3 is 14.6 Å². The number of rotatable bonds is 6. The minimum absolute atomic E-state index is 0.0834. The summed E-state index contributed by atoms with van der Waals surface area (Å²) in [7, 11) is 1.59. The molecule has 0 bridgehead atoms. The molecule has 1 aliphatic rings. The summed E-state index contributed by atoms with van der Waals surface area (Å²) in [5.41, 5.74) is 1.82. The van der Waals surface area contributed by atoms with Crippen LogP contribution in [0.4, 0.5) is 0 Å². The minimum atomic E-state index is -0.838. The number of carboxylic acids is 1. The van der Waals surface area contributed by atoms with E-state index in [1.807, 2.05) is 18.2 Å². The van der Waals surface area contributed by atoms with E-state index in [4.69, 9.17) is 37.8 Å². The van der Waals surface area contributed by atoms with Crippen LogP contribution in [-0.4, -0.2) is 30.0 Å². The lowest BCUT2D eigenvalue weighted by molar-refractivity contribution is -0.138. The zero-order valence-corrected chi connectivity index (χ0v) is 16.2. The topological polar surface area (TPSA) is 67.8 Å². The molecular weight excluding hydrogens is 397 g/mol. The summed E-state index contributed by atoms with van der Waals surface area (Å²) in [5, 5.41) is 13.1. The van der Waals surface area contributed by atoms with Crippen LogP contribution in [0.25, 0.3) is 0 Å². The maximum atomic E-state index is 11.1. The fraction of sp³-hybridized carbons (Fsp3) is 0.278. The van der Waals surface area contributed by atoms with Crippen molar-refractivity contribution in [3.63, 3.8) is 0 Å². The Labute approximate surface area is 165 Å². The monoisotopic (exact) mass is 413 g/mol. The van der Waals surface area contributed by atoms with E-state index in [2.05, 4.69) is 5.32 Å². The van der Waals surface area contributed by atoms with Crippen LogP contribution in [0.15, 0.2) is 36.4 Å². The largest absolute Gasteiger partial charge is 0.496 e. The molecule has 0 radical (unpaired) electrons. The van der Waals surface area contributed by atoms with E-state index in [0.717, 1.165) is 11.1 Å². The van der Waals surface area contributed by atoms with Crippen molar-refractivity contribution in [2.75, 3.05) is 12.9 Å². The number of thioether (sulfide) groups is 1. The molecule has 0 aliphatic carbocycles. The van der Waals surface area contributed by atoms with Gasteiger partial charge in [-0.25, -0.2) is 0 Å². The highest BCUT2D eigenvalue weighted by Gasteiger charge is 2.30. The van der Waals surface area contributed by atoms with E-state index in [9.17, 15) is 4.79 Å². The molecule has 0 aromatic heterocycles. The Morgan fingerprint density at radius 1 is 1.27 bits per heavy atom. The van der Waals surface area contributed by atoms with Crippen LogP contribution >= 0.6 is 35.0 Å². The number of hydrogen-bond acceptors (Lipinski definition) is 5. The van der Waals surface area contributed by atoms with Crippen LogP contribution in [0.1, 0.15) is 16.5 Å². The Morgan fingerprint density at radius 2 is 2.04 bits per heavy atom. The molecule has 1 heterocycles. The highest BCUT2D eigenvalue weighted by atomic mass is 35.5. The normalized spacial score (nSPS) is 19.3. The predicted octanol–water partition coefficient (Wildman–Crippen LogP) is 4.37. The number of benzene rings is 2. The summed E-state index contributed by atoms with van der Waals surface area (Å²) in [5.74, 6) is 0.909. The minimum Gasteiger partial charge on any atom is -0.496 e. The lowest BCUT2D eigenvalue weighted by atomic mass is 10.1. The third-order valence-corrected chi connectivity index (χ3v) is 5.76. The van der Waals surface area contributed by atoms with Gasteiger partial charge in [0.2, 0.25) is 0 Å². The van der Waals surface area contributed by atoms with Crippen molar-refractivity contribution < 1.29 is 19.4 Å². The van der Waals surface area contributed by atoms with Gasteiger partial charge in [0.05, 0.1) is 17.5 Å². The summed E-state index contributed by atoms with van der Waals surface area (Å²) in [6, 6.07) is 10.2. The highest BCUT2D eigenvalue weighted by Crippen LogP contribution is 2.35. The fourth-order valence-corrected chi connectivity index (χ4v) is 4.31. The Morgan fingerprint density at radius 3 is 2.69 bits per heavy atom. The number of ether oxygens (including phenoxy) is 2. The first-order chi connectivity index (χ1) is 12.5. The Balaban J connectivity index is 1.76. The molecule has 1 fully saturated rings. The number of aliphatic carboxylic acids is 1. The van der Waals surface area contributed by atoms with Crippen molar-refractivity contribution in [1.82, 2.24) is 5.32 Å². The van der Waals surface area contributed by atoms with Gasteiger partial charge in [0.25, 0.3) is 0 Å². The molecule has 0 spiro atoms. The zero-order valence-electron chi connectivity index (χ0n) is 13.9. The van der Waals surface area contributed by atoms with Crippen LogP contribution < -0.4 is 14.8 Å². The van der Waals surface area contributed by atoms with Gasteiger partial charge in [0.1, 0.15) is 24.1 Å². The predicted molar refractivity (Wildman–Crippen MR) is 104 cm³/mol. The molecular formula is C18H17Cl2NO4S. The van der Waals surface area contributed by atoms with E-state index in [1.54, 1.807) is 37.1 Å². The van der Waals surface area contributed by atoms with Crippen LogP contribution in [0.5, 0.6) is 11.5 Å². The van der Waals surface area contributed by atoms with Crippen LogP contribution in [-0.2, 0) is 11.4 Å². The van der Waals surface area contributed by atoms with Gasteiger partial charge >= 0.3 is 5.97 Å². The maximum Gasteiger partial charge on any atom is 0.321 e. The number of hydrogen-bond donors (Lipinski definition) is 2. The Kier molecular flexibility index (Phi) is 6.19. The summed E-state index contributed by atoms with van der Waals surface area (Å²) < 4.78 is 11.2. The second-order valence-electron chi connectivity index (χ2n) is 5.71. The molecule has 3 rings (SSSR count). The van der Waals surface area contributed by atoms with E-state index in [0.29, 0.717) is 27.3 Å². The lowest BCUT2D eigenvalue weighted by Crippen LogP contribution is -2.33. The molecule has 2 N–H and O–H groups in total. The molecule has 138 valence electrons. The molecule has 1 aliphatic heterocycles. The first-order valence-corrected chi connectivity index (χ1v) is 9.63. The average Bonchev–Trinajstić information content (AvgIpc) is 3.11. The van der Waals surface area contributed by atoms with Crippen molar-refractivity contribution >= 4 is 40.9 Å². The second-order valence-corrected chi connectivity index (χ2v) is 7.69. The number of nitrogens with one attached hydrogen (secondary N) is 1. The van der Waals surface area contributed by atoms with Gasteiger partial charge in [-0.15, -0.1) is 11.8 Å². The van der Waals surface area contributed by atoms with Crippen molar-refractivity contribution in [3.05, 3.63) is 57.6 Å². The molecule has 5 nitrogen and oxygen atoms in total. The second kappa shape index (κ2) is 8.39. The molecule has 0 amide bonds. The first-order valence-electron chi connectivity index (χ1n) is 7.83. The molecule has 2 unspecified atom stereocenters. The number of carbonyl (C=O) groups is 1. The molecule has 26 heavy (non-hydrogen) atoms. The molecule has 2 aromatic rings. The van der Waals surface area contributed by atoms with Gasteiger partial charge in [-0.3, -0.25) is 10.1 Å². The van der Waals surface area contributed by atoms with Crippen molar-refractivity contribution in [2.24, 2.45) is 0 Å². The highest BCUT2D eigenvalue weighted by molar-refractivity contribution is 7.99. The van der Waals surface area contributed by atoms with Crippen molar-refractivity contribution in [3.8, 4) is 11.5 Å². The molecule has 8 heteroatoms. The molecule has 1 saturated heterocycles. The molecule has 2 aromatic carbocycles. The summed E-state index contributed by atoms with van der Waals surface area (Å²) in [6.07, 6.45) is 0. The van der Waals surface area contributed by atoms with Crippen LogP contribution in [0.3, 0.4) is 0 Å². The van der Waals surface area contributed by atoms with E-state index < -0.39 is 12.0 Å². The summed E-state index contributed by atoms with van der Waals surface area (Å²) in [4.78, 5) is 11.1. The quantitative estimate of drug-likeness (QED) is 0.732. The summed E-state index contributed by atoms with van der Waals surface area (Å²) in [6.45, 7) is 0.262. The number of carboxylic acid groups (broad SMARTS) is 1. The van der Waals surface area contributed by atoms with Crippen LogP contribution in [0, 0.1) is 0 Å².